The molecular formula is C18H17N3O5. The van der Waals surface area contributed by atoms with E-state index in [1.165, 1.54) is 29.1 Å². The van der Waals surface area contributed by atoms with Crippen molar-refractivity contribution in [2.45, 2.75) is 13.0 Å². The summed E-state index contributed by atoms with van der Waals surface area (Å²) in [4.78, 5) is 27.0. The summed E-state index contributed by atoms with van der Waals surface area (Å²) in [6.45, 7) is 0.826. The second-order valence-corrected chi connectivity index (χ2v) is 5.58. The Hall–Kier alpha value is -3.42. The lowest BCUT2D eigenvalue weighted by Crippen LogP contribution is -2.21. The first-order valence-electron chi connectivity index (χ1n) is 7.99. The molecule has 0 bridgehead atoms. The van der Waals surface area contributed by atoms with Gasteiger partial charge < -0.3 is 9.47 Å². The first kappa shape index (κ1) is 17.4. The first-order valence-corrected chi connectivity index (χ1v) is 7.99. The highest BCUT2D eigenvalue weighted by molar-refractivity contribution is 5.79. The summed E-state index contributed by atoms with van der Waals surface area (Å²) < 4.78 is 12.1. The largest absolute Gasteiger partial charge is 0.497 e. The number of benzene rings is 2. The van der Waals surface area contributed by atoms with Gasteiger partial charge in [-0.3, -0.25) is 19.5 Å². The summed E-state index contributed by atoms with van der Waals surface area (Å²) in [5, 5.41) is 11.1. The monoisotopic (exact) mass is 355 g/mol. The van der Waals surface area contributed by atoms with Gasteiger partial charge in [0, 0.05) is 18.7 Å². The van der Waals surface area contributed by atoms with Crippen LogP contribution in [0.5, 0.6) is 11.5 Å². The topological polar surface area (TPSA) is 96.5 Å². The zero-order valence-corrected chi connectivity index (χ0v) is 14.1. The molecule has 8 heteroatoms. The quantitative estimate of drug-likeness (QED) is 0.367. The van der Waals surface area contributed by atoms with Gasteiger partial charge in [-0.1, -0.05) is 0 Å². The Morgan fingerprint density at radius 1 is 1.15 bits per heavy atom. The van der Waals surface area contributed by atoms with E-state index in [9.17, 15) is 14.9 Å². The molecule has 134 valence electrons. The van der Waals surface area contributed by atoms with Crippen molar-refractivity contribution in [1.82, 2.24) is 9.55 Å². The number of hydrogen-bond acceptors (Lipinski definition) is 6. The molecule has 0 amide bonds. The fourth-order valence-electron chi connectivity index (χ4n) is 2.52. The number of hydrogen-bond donors (Lipinski definition) is 0. The highest BCUT2D eigenvalue weighted by Crippen LogP contribution is 2.18. The summed E-state index contributed by atoms with van der Waals surface area (Å²) in [5.41, 5.74) is 0.00599. The first-order chi connectivity index (χ1) is 12.6. The average Bonchev–Trinajstić information content (AvgIpc) is 2.67. The van der Waals surface area contributed by atoms with Crippen LogP contribution in [0.1, 0.15) is 6.42 Å². The number of non-ortho nitro benzene ring substituents is 1. The van der Waals surface area contributed by atoms with Crippen LogP contribution < -0.4 is 15.0 Å². The molecule has 0 aliphatic heterocycles. The van der Waals surface area contributed by atoms with E-state index in [1.807, 2.05) is 12.1 Å². The average molecular weight is 355 g/mol. The molecule has 1 aromatic heterocycles. The number of aromatic nitrogens is 2. The summed E-state index contributed by atoms with van der Waals surface area (Å²) >= 11 is 0. The summed E-state index contributed by atoms with van der Waals surface area (Å²) in [6.07, 6.45) is 2.04. The third-order valence-electron chi connectivity index (χ3n) is 3.89. The van der Waals surface area contributed by atoms with Crippen LogP contribution in [0.25, 0.3) is 10.9 Å². The molecule has 0 radical (unpaired) electrons. The molecule has 0 fully saturated rings. The van der Waals surface area contributed by atoms with E-state index in [0.717, 1.165) is 5.75 Å². The molecule has 0 aliphatic carbocycles. The van der Waals surface area contributed by atoms with Crippen molar-refractivity contribution in [3.63, 3.8) is 0 Å². The molecule has 1 heterocycles. The summed E-state index contributed by atoms with van der Waals surface area (Å²) in [6, 6.07) is 11.3. The predicted octanol–water partition coefficient (Wildman–Crippen LogP) is 2.78. The van der Waals surface area contributed by atoms with Gasteiger partial charge in [-0.25, -0.2) is 4.98 Å². The fraction of sp³-hybridized carbons (Fsp3) is 0.222. The molecule has 0 saturated heterocycles. The molecule has 0 unspecified atom stereocenters. The number of fused-ring (bicyclic) bond motifs is 1. The third-order valence-corrected chi connectivity index (χ3v) is 3.89. The van der Waals surface area contributed by atoms with Gasteiger partial charge in [-0.15, -0.1) is 0 Å². The van der Waals surface area contributed by atoms with E-state index in [-0.39, 0.29) is 16.6 Å². The van der Waals surface area contributed by atoms with Crippen LogP contribution in [-0.2, 0) is 6.54 Å². The highest BCUT2D eigenvalue weighted by Gasteiger charge is 2.10. The van der Waals surface area contributed by atoms with Gasteiger partial charge in [0.2, 0.25) is 0 Å². The molecule has 0 atom stereocenters. The summed E-state index contributed by atoms with van der Waals surface area (Å²) in [5.74, 6) is 1.46. The van der Waals surface area contributed by atoms with Crippen LogP contribution in [0, 0.1) is 10.1 Å². The molecule has 0 spiro atoms. The Kier molecular flexibility index (Phi) is 5.12. The van der Waals surface area contributed by atoms with Gasteiger partial charge in [0.15, 0.2) is 0 Å². The van der Waals surface area contributed by atoms with E-state index in [1.54, 1.807) is 19.2 Å². The Morgan fingerprint density at radius 2 is 1.88 bits per heavy atom. The smallest absolute Gasteiger partial charge is 0.270 e. The normalized spacial score (nSPS) is 10.7. The lowest BCUT2D eigenvalue weighted by molar-refractivity contribution is -0.384. The number of rotatable bonds is 7. The lowest BCUT2D eigenvalue weighted by Gasteiger charge is -2.09. The minimum Gasteiger partial charge on any atom is -0.497 e. The minimum atomic E-state index is -0.529. The zero-order chi connectivity index (χ0) is 18.5. The molecule has 2 aromatic carbocycles. The lowest BCUT2D eigenvalue weighted by atomic mass is 10.2. The molecule has 3 rings (SSSR count). The van der Waals surface area contributed by atoms with Crippen LogP contribution >= 0.6 is 0 Å². The van der Waals surface area contributed by atoms with Crippen LogP contribution in [0.4, 0.5) is 5.69 Å². The van der Waals surface area contributed by atoms with E-state index in [4.69, 9.17) is 9.47 Å². The maximum absolute atomic E-state index is 12.5. The van der Waals surface area contributed by atoms with Crippen LogP contribution in [0.15, 0.2) is 53.6 Å². The number of aryl methyl sites for hydroxylation is 1. The van der Waals surface area contributed by atoms with Crippen molar-refractivity contribution in [1.29, 1.82) is 0 Å². The predicted molar refractivity (Wildman–Crippen MR) is 95.8 cm³/mol. The standard InChI is InChI=1S/C18H17N3O5/c1-25-14-4-6-15(7-5-14)26-10-2-9-20-12-19-17-8-3-13(21(23)24)11-16(17)18(20)22/h3-8,11-12H,2,9-10H2,1H3. The van der Waals surface area contributed by atoms with Crippen molar-refractivity contribution < 1.29 is 14.4 Å². The molecule has 3 aromatic rings. The minimum absolute atomic E-state index is 0.128. The van der Waals surface area contributed by atoms with E-state index in [2.05, 4.69) is 4.98 Å². The van der Waals surface area contributed by atoms with Gasteiger partial charge in [0.1, 0.15) is 11.5 Å². The maximum Gasteiger partial charge on any atom is 0.270 e. The molecular weight excluding hydrogens is 338 g/mol. The molecule has 26 heavy (non-hydrogen) atoms. The van der Waals surface area contributed by atoms with Gasteiger partial charge >= 0.3 is 0 Å². The van der Waals surface area contributed by atoms with E-state index < -0.39 is 4.92 Å². The van der Waals surface area contributed by atoms with Gasteiger partial charge in [-0.05, 0) is 36.8 Å². The van der Waals surface area contributed by atoms with Crippen LogP contribution in [0.3, 0.4) is 0 Å². The van der Waals surface area contributed by atoms with Gasteiger partial charge in [0.05, 0.1) is 35.9 Å². The van der Waals surface area contributed by atoms with Crippen molar-refractivity contribution in [2.24, 2.45) is 0 Å². The molecule has 0 N–H and O–H groups in total. The number of nitro benzene ring substituents is 1. The molecule has 0 aliphatic rings. The molecule has 8 nitrogen and oxygen atoms in total. The van der Waals surface area contributed by atoms with E-state index >= 15 is 0 Å². The third kappa shape index (κ3) is 3.80. The second kappa shape index (κ2) is 7.64. The van der Waals surface area contributed by atoms with E-state index in [0.29, 0.717) is 30.8 Å². The second-order valence-electron chi connectivity index (χ2n) is 5.58. The maximum atomic E-state index is 12.5. The van der Waals surface area contributed by atoms with Crippen molar-refractivity contribution in [3.8, 4) is 11.5 Å². The van der Waals surface area contributed by atoms with Crippen LogP contribution in [0.2, 0.25) is 0 Å². The van der Waals surface area contributed by atoms with Gasteiger partial charge in [-0.2, -0.15) is 0 Å². The Morgan fingerprint density at radius 3 is 2.58 bits per heavy atom. The fourth-order valence-corrected chi connectivity index (χ4v) is 2.52. The summed E-state index contributed by atoms with van der Waals surface area (Å²) in [7, 11) is 1.60. The Balaban J connectivity index is 1.65. The zero-order valence-electron chi connectivity index (χ0n) is 14.1. The van der Waals surface area contributed by atoms with Crippen LogP contribution in [-0.4, -0.2) is 28.2 Å². The Labute approximate surface area is 148 Å². The van der Waals surface area contributed by atoms with Crippen molar-refractivity contribution in [2.75, 3.05) is 13.7 Å². The number of ether oxygens (including phenoxy) is 2. The Bertz CT molecular complexity index is 982. The highest BCUT2D eigenvalue weighted by atomic mass is 16.6. The SMILES string of the molecule is COc1ccc(OCCCn2cnc3ccc([N+](=O)[O-])cc3c2=O)cc1. The number of nitrogens with zero attached hydrogens (tertiary/aromatic N) is 3. The molecule has 0 saturated carbocycles. The van der Waals surface area contributed by atoms with Gasteiger partial charge in [0.25, 0.3) is 11.2 Å². The number of nitro groups is 1. The number of methoxy groups -OCH3 is 1. The van der Waals surface area contributed by atoms with Crippen molar-refractivity contribution in [3.05, 3.63) is 69.3 Å². The van der Waals surface area contributed by atoms with Crippen molar-refractivity contribution >= 4 is 16.6 Å².